The molecule has 7 heteroatoms. The van der Waals surface area contributed by atoms with E-state index in [1.54, 1.807) is 0 Å². The number of methoxy groups -OCH3 is 2. The van der Waals surface area contributed by atoms with Gasteiger partial charge in [0, 0.05) is 5.56 Å². The van der Waals surface area contributed by atoms with Crippen molar-refractivity contribution in [1.29, 1.82) is 0 Å². The molecule has 0 saturated carbocycles. The molecule has 1 heterocycles. The number of alkyl halides is 2. The standard InChI is InChI=1S/C10H10F3NO3/c1-16-7-3-5(9(11)12)6(14-10(7)13)4-8(15)17-2/h3,9H,4H2,1-2H3. The largest absolute Gasteiger partial charge is 0.492 e. The van der Waals surface area contributed by atoms with Gasteiger partial charge in [-0.2, -0.15) is 4.39 Å². The first-order valence-electron chi connectivity index (χ1n) is 4.57. The topological polar surface area (TPSA) is 48.4 Å². The summed E-state index contributed by atoms with van der Waals surface area (Å²) in [5.74, 6) is -2.21. The minimum absolute atomic E-state index is 0.356. The Morgan fingerprint density at radius 2 is 2.12 bits per heavy atom. The number of pyridine rings is 1. The van der Waals surface area contributed by atoms with Gasteiger partial charge in [-0.3, -0.25) is 4.79 Å². The highest BCUT2D eigenvalue weighted by molar-refractivity contribution is 5.72. The van der Waals surface area contributed by atoms with Crippen LogP contribution in [0, 0.1) is 5.95 Å². The lowest BCUT2D eigenvalue weighted by molar-refractivity contribution is -0.139. The number of carbonyl (C=O) groups is 1. The maximum atomic E-state index is 13.2. The molecule has 1 aromatic heterocycles. The second-order valence-corrected chi connectivity index (χ2v) is 3.07. The van der Waals surface area contributed by atoms with Gasteiger partial charge >= 0.3 is 5.97 Å². The minimum Gasteiger partial charge on any atom is -0.492 e. The van der Waals surface area contributed by atoms with E-state index in [0.29, 0.717) is 0 Å². The van der Waals surface area contributed by atoms with Crippen LogP contribution in [-0.2, 0) is 16.0 Å². The minimum atomic E-state index is -2.88. The quantitative estimate of drug-likeness (QED) is 0.604. The van der Waals surface area contributed by atoms with Crippen molar-refractivity contribution < 1.29 is 27.4 Å². The molecule has 17 heavy (non-hydrogen) atoms. The van der Waals surface area contributed by atoms with Crippen molar-refractivity contribution in [2.45, 2.75) is 12.8 Å². The van der Waals surface area contributed by atoms with Gasteiger partial charge in [-0.15, -0.1) is 0 Å². The number of hydrogen-bond acceptors (Lipinski definition) is 4. The van der Waals surface area contributed by atoms with Gasteiger partial charge in [-0.05, 0) is 6.07 Å². The first-order chi connectivity index (χ1) is 7.99. The van der Waals surface area contributed by atoms with E-state index in [4.69, 9.17) is 0 Å². The van der Waals surface area contributed by atoms with Crippen LogP contribution in [0.2, 0.25) is 0 Å². The number of nitrogens with zero attached hydrogens (tertiary/aromatic N) is 1. The Bertz CT molecular complexity index is 424. The highest BCUT2D eigenvalue weighted by atomic mass is 19.3. The predicted octanol–water partition coefficient (Wildman–Crippen LogP) is 1.88. The van der Waals surface area contributed by atoms with Crippen molar-refractivity contribution >= 4 is 5.97 Å². The van der Waals surface area contributed by atoms with Gasteiger partial charge in [0.15, 0.2) is 5.75 Å². The number of rotatable bonds is 4. The molecule has 1 aromatic rings. The van der Waals surface area contributed by atoms with Gasteiger partial charge in [0.05, 0.1) is 26.3 Å². The zero-order valence-corrected chi connectivity index (χ0v) is 9.17. The Labute approximate surface area is 95.4 Å². The normalized spacial score (nSPS) is 10.5. The molecule has 0 bridgehead atoms. The molecule has 0 unspecified atom stereocenters. The molecule has 94 valence electrons. The third kappa shape index (κ3) is 3.08. The molecule has 0 spiro atoms. The zero-order chi connectivity index (χ0) is 13.0. The molecule has 4 nitrogen and oxygen atoms in total. The summed E-state index contributed by atoms with van der Waals surface area (Å²) in [7, 11) is 2.24. The number of aromatic nitrogens is 1. The summed E-state index contributed by atoms with van der Waals surface area (Å²) in [5.41, 5.74) is -0.904. The SMILES string of the molecule is COC(=O)Cc1nc(F)c(OC)cc1C(F)F. The smallest absolute Gasteiger partial charge is 0.311 e. The highest BCUT2D eigenvalue weighted by Crippen LogP contribution is 2.27. The van der Waals surface area contributed by atoms with E-state index in [-0.39, 0.29) is 5.69 Å². The Balaban J connectivity index is 3.18. The predicted molar refractivity (Wildman–Crippen MR) is 51.4 cm³/mol. The molecule has 0 aromatic carbocycles. The summed E-state index contributed by atoms with van der Waals surface area (Å²) in [6, 6.07) is 0.825. The number of hydrogen-bond donors (Lipinski definition) is 0. The van der Waals surface area contributed by atoms with Gasteiger partial charge in [0.2, 0.25) is 0 Å². The van der Waals surface area contributed by atoms with Gasteiger partial charge in [-0.25, -0.2) is 13.8 Å². The lowest BCUT2D eigenvalue weighted by atomic mass is 10.1. The summed E-state index contributed by atoms with van der Waals surface area (Å²) in [6.45, 7) is 0. The molecule has 0 N–H and O–H groups in total. The van der Waals surface area contributed by atoms with Gasteiger partial charge in [-0.1, -0.05) is 0 Å². The molecule has 0 fully saturated rings. The maximum Gasteiger partial charge on any atom is 0.311 e. The average molecular weight is 249 g/mol. The third-order valence-corrected chi connectivity index (χ3v) is 2.05. The van der Waals surface area contributed by atoms with Gasteiger partial charge < -0.3 is 9.47 Å². The molecule has 0 aliphatic heterocycles. The van der Waals surface area contributed by atoms with Crippen LogP contribution in [-0.4, -0.2) is 25.2 Å². The Morgan fingerprint density at radius 1 is 1.47 bits per heavy atom. The van der Waals surface area contributed by atoms with E-state index >= 15 is 0 Å². The van der Waals surface area contributed by atoms with Gasteiger partial charge in [0.1, 0.15) is 0 Å². The number of carbonyl (C=O) groups excluding carboxylic acids is 1. The lowest BCUT2D eigenvalue weighted by Crippen LogP contribution is -2.11. The Morgan fingerprint density at radius 3 is 2.59 bits per heavy atom. The average Bonchev–Trinajstić information content (AvgIpc) is 2.28. The molecule has 0 aliphatic rings. The van der Waals surface area contributed by atoms with Crippen molar-refractivity contribution in [2.75, 3.05) is 14.2 Å². The van der Waals surface area contributed by atoms with Crippen LogP contribution in [0.1, 0.15) is 17.7 Å². The van der Waals surface area contributed by atoms with Crippen LogP contribution in [0.3, 0.4) is 0 Å². The van der Waals surface area contributed by atoms with Crippen LogP contribution < -0.4 is 4.74 Å². The molecule has 1 rings (SSSR count). The summed E-state index contributed by atoms with van der Waals surface area (Å²) in [6.07, 6.45) is -3.39. The van der Waals surface area contributed by atoms with Crippen molar-refractivity contribution in [3.05, 3.63) is 23.3 Å². The van der Waals surface area contributed by atoms with Crippen molar-refractivity contribution in [1.82, 2.24) is 4.98 Å². The van der Waals surface area contributed by atoms with E-state index in [1.165, 1.54) is 0 Å². The summed E-state index contributed by atoms with van der Waals surface area (Å²) in [5, 5.41) is 0. The Hall–Kier alpha value is -1.79. The van der Waals surface area contributed by atoms with E-state index < -0.39 is 36.1 Å². The number of esters is 1. The number of ether oxygens (including phenoxy) is 2. The molecule has 0 radical (unpaired) electrons. The van der Waals surface area contributed by atoms with Crippen LogP contribution in [0.25, 0.3) is 0 Å². The first-order valence-corrected chi connectivity index (χ1v) is 4.57. The Kier molecular flexibility index (Phi) is 4.30. The highest BCUT2D eigenvalue weighted by Gasteiger charge is 2.21. The summed E-state index contributed by atoms with van der Waals surface area (Å²) >= 11 is 0. The van der Waals surface area contributed by atoms with E-state index in [9.17, 15) is 18.0 Å². The van der Waals surface area contributed by atoms with Crippen LogP contribution in [0.5, 0.6) is 5.75 Å². The second kappa shape index (κ2) is 5.51. The van der Waals surface area contributed by atoms with Crippen LogP contribution in [0.15, 0.2) is 6.07 Å². The summed E-state index contributed by atoms with van der Waals surface area (Å²) < 4.78 is 47.4. The fourth-order valence-electron chi connectivity index (χ4n) is 1.20. The molecule has 0 saturated heterocycles. The van der Waals surface area contributed by atoms with E-state index in [0.717, 1.165) is 20.3 Å². The number of halogens is 3. The molecular formula is C10H10F3NO3. The molecular weight excluding hydrogens is 239 g/mol. The second-order valence-electron chi connectivity index (χ2n) is 3.07. The lowest BCUT2D eigenvalue weighted by Gasteiger charge is -2.09. The molecule has 0 amide bonds. The molecule has 0 aliphatic carbocycles. The molecule has 0 atom stereocenters. The maximum absolute atomic E-state index is 13.2. The van der Waals surface area contributed by atoms with Crippen LogP contribution in [0.4, 0.5) is 13.2 Å². The fraction of sp³-hybridized carbons (Fsp3) is 0.400. The zero-order valence-electron chi connectivity index (χ0n) is 9.17. The van der Waals surface area contributed by atoms with Crippen molar-refractivity contribution in [3.8, 4) is 5.75 Å². The fourth-order valence-corrected chi connectivity index (χ4v) is 1.20. The van der Waals surface area contributed by atoms with Gasteiger partial charge in [0.25, 0.3) is 12.4 Å². The summed E-state index contributed by atoms with van der Waals surface area (Å²) in [4.78, 5) is 14.2. The van der Waals surface area contributed by atoms with Crippen molar-refractivity contribution in [2.24, 2.45) is 0 Å². The first kappa shape index (κ1) is 13.3. The monoisotopic (exact) mass is 249 g/mol. The third-order valence-electron chi connectivity index (χ3n) is 2.05. The van der Waals surface area contributed by atoms with Crippen molar-refractivity contribution in [3.63, 3.8) is 0 Å². The van der Waals surface area contributed by atoms with E-state index in [2.05, 4.69) is 14.5 Å². The van der Waals surface area contributed by atoms with Crippen LogP contribution >= 0.6 is 0 Å². The van der Waals surface area contributed by atoms with E-state index in [1.807, 2.05) is 0 Å².